The van der Waals surface area contributed by atoms with Gasteiger partial charge in [-0.1, -0.05) is 6.92 Å². The van der Waals surface area contributed by atoms with Gasteiger partial charge in [-0.2, -0.15) is 5.10 Å². The number of aromatic amines is 1. The Bertz CT molecular complexity index is 520. The Balaban J connectivity index is 1.42. The molecule has 22 heavy (non-hydrogen) atoms. The molecule has 1 aromatic heterocycles. The molecular weight excluding hydrogens is 282 g/mol. The van der Waals surface area contributed by atoms with Gasteiger partial charge in [-0.15, -0.1) is 0 Å². The fourth-order valence-corrected chi connectivity index (χ4v) is 3.20. The quantitative estimate of drug-likeness (QED) is 0.887. The minimum absolute atomic E-state index is 0.0340. The number of H-pyrrole nitrogens is 1. The summed E-state index contributed by atoms with van der Waals surface area (Å²) in [6.45, 7) is 5.26. The third-order valence-corrected chi connectivity index (χ3v) is 4.58. The van der Waals surface area contributed by atoms with E-state index in [9.17, 15) is 4.79 Å². The van der Waals surface area contributed by atoms with Crippen molar-refractivity contribution in [2.45, 2.75) is 57.8 Å². The second-order valence-electron chi connectivity index (χ2n) is 6.67. The topological polar surface area (TPSA) is 76.2 Å². The zero-order valence-corrected chi connectivity index (χ0v) is 13.4. The number of nitrogens with one attached hydrogen (secondary N) is 2. The van der Waals surface area contributed by atoms with E-state index in [1.165, 1.54) is 0 Å². The van der Waals surface area contributed by atoms with Crippen LogP contribution in [0.3, 0.4) is 0 Å². The predicted molar refractivity (Wildman–Crippen MR) is 81.2 cm³/mol. The summed E-state index contributed by atoms with van der Waals surface area (Å²) >= 11 is 0. The van der Waals surface area contributed by atoms with E-state index in [0.29, 0.717) is 19.6 Å². The minimum atomic E-state index is -0.388. The summed E-state index contributed by atoms with van der Waals surface area (Å²) in [5, 5.41) is 9.82. The predicted octanol–water partition coefficient (Wildman–Crippen LogP) is 1.70. The lowest BCUT2D eigenvalue weighted by Gasteiger charge is -2.34. The zero-order chi connectivity index (χ0) is 15.6. The number of aromatic nitrogens is 2. The van der Waals surface area contributed by atoms with Crippen LogP contribution in [0.15, 0.2) is 6.07 Å². The SMILES string of the molecule is Cc1cc(CC(=O)NCC2COC3(CCC(C)CC3)O2)n[nH]1. The first-order valence-electron chi connectivity index (χ1n) is 8.14. The van der Waals surface area contributed by atoms with Crippen LogP contribution in [0.4, 0.5) is 0 Å². The van der Waals surface area contributed by atoms with Crippen LogP contribution >= 0.6 is 0 Å². The lowest BCUT2D eigenvalue weighted by atomic mass is 9.86. The van der Waals surface area contributed by atoms with Gasteiger partial charge in [0.25, 0.3) is 0 Å². The second-order valence-corrected chi connectivity index (χ2v) is 6.67. The highest BCUT2D eigenvalue weighted by atomic mass is 16.7. The van der Waals surface area contributed by atoms with Crippen LogP contribution in [-0.2, 0) is 20.7 Å². The largest absolute Gasteiger partial charge is 0.353 e. The number of rotatable bonds is 4. The van der Waals surface area contributed by atoms with E-state index in [2.05, 4.69) is 22.4 Å². The molecule has 1 saturated heterocycles. The monoisotopic (exact) mass is 307 g/mol. The summed E-state index contributed by atoms with van der Waals surface area (Å²) in [5.74, 6) is 0.337. The first-order chi connectivity index (χ1) is 10.5. The van der Waals surface area contributed by atoms with Crippen molar-refractivity contribution in [3.63, 3.8) is 0 Å². The molecule has 1 saturated carbocycles. The average Bonchev–Trinajstić information content (AvgIpc) is 3.08. The van der Waals surface area contributed by atoms with Gasteiger partial charge in [-0.05, 0) is 31.7 Å². The Hall–Kier alpha value is -1.40. The van der Waals surface area contributed by atoms with Gasteiger partial charge in [0.05, 0.1) is 18.7 Å². The van der Waals surface area contributed by atoms with Gasteiger partial charge in [-0.3, -0.25) is 9.89 Å². The van der Waals surface area contributed by atoms with Crippen LogP contribution in [0.5, 0.6) is 0 Å². The Labute approximate surface area is 130 Å². The summed E-state index contributed by atoms with van der Waals surface area (Å²) in [5.41, 5.74) is 1.72. The van der Waals surface area contributed by atoms with Crippen molar-refractivity contribution >= 4 is 5.91 Å². The highest BCUT2D eigenvalue weighted by Crippen LogP contribution is 2.39. The first kappa shape index (κ1) is 15.5. The maximum atomic E-state index is 11.9. The number of hydrogen-bond acceptors (Lipinski definition) is 4. The molecule has 1 spiro atoms. The van der Waals surface area contributed by atoms with E-state index in [0.717, 1.165) is 43.0 Å². The molecule has 3 rings (SSSR count). The molecule has 1 aliphatic carbocycles. The number of hydrogen-bond donors (Lipinski definition) is 2. The van der Waals surface area contributed by atoms with Gasteiger partial charge < -0.3 is 14.8 Å². The minimum Gasteiger partial charge on any atom is -0.353 e. The van der Waals surface area contributed by atoms with Crippen LogP contribution in [0, 0.1) is 12.8 Å². The van der Waals surface area contributed by atoms with E-state index in [4.69, 9.17) is 9.47 Å². The number of nitrogens with zero attached hydrogens (tertiary/aromatic N) is 1. The molecule has 2 aliphatic rings. The standard InChI is InChI=1S/C16H25N3O3/c1-11-3-5-16(6-4-11)21-10-14(22-16)9-17-15(20)8-13-7-12(2)18-19-13/h7,11,14H,3-6,8-10H2,1-2H3,(H,17,20)(H,18,19). The van der Waals surface area contributed by atoms with Crippen molar-refractivity contribution in [1.29, 1.82) is 0 Å². The van der Waals surface area contributed by atoms with Gasteiger partial charge >= 0.3 is 0 Å². The molecule has 2 fully saturated rings. The lowest BCUT2D eigenvalue weighted by molar-refractivity contribution is -0.191. The van der Waals surface area contributed by atoms with Crippen LogP contribution in [0.1, 0.15) is 44.0 Å². The maximum Gasteiger partial charge on any atom is 0.226 e. The Morgan fingerprint density at radius 3 is 2.95 bits per heavy atom. The molecule has 2 N–H and O–H groups in total. The van der Waals surface area contributed by atoms with Gasteiger partial charge in [-0.25, -0.2) is 0 Å². The second kappa shape index (κ2) is 6.38. The number of ether oxygens (including phenoxy) is 2. The van der Waals surface area contributed by atoms with Gasteiger partial charge in [0.15, 0.2) is 5.79 Å². The van der Waals surface area contributed by atoms with Crippen molar-refractivity contribution in [2.75, 3.05) is 13.2 Å². The summed E-state index contributed by atoms with van der Waals surface area (Å²) in [7, 11) is 0. The molecule has 1 aromatic rings. The first-order valence-corrected chi connectivity index (χ1v) is 8.14. The third kappa shape index (κ3) is 3.67. The maximum absolute atomic E-state index is 11.9. The molecule has 122 valence electrons. The number of carbonyl (C=O) groups excluding carboxylic acids is 1. The van der Waals surface area contributed by atoms with Gasteiger partial charge in [0, 0.05) is 25.1 Å². The Kier molecular flexibility index (Phi) is 4.49. The normalized spacial score (nSPS) is 31.5. The Morgan fingerprint density at radius 2 is 2.27 bits per heavy atom. The van der Waals surface area contributed by atoms with E-state index >= 15 is 0 Å². The van der Waals surface area contributed by atoms with Crippen molar-refractivity contribution in [2.24, 2.45) is 5.92 Å². The molecule has 1 atom stereocenters. The molecule has 0 radical (unpaired) electrons. The van der Waals surface area contributed by atoms with Gasteiger partial charge in [0.2, 0.25) is 5.91 Å². The van der Waals surface area contributed by atoms with Crippen molar-refractivity contribution in [3.8, 4) is 0 Å². The van der Waals surface area contributed by atoms with E-state index in [1.54, 1.807) is 0 Å². The van der Waals surface area contributed by atoms with Crippen molar-refractivity contribution in [1.82, 2.24) is 15.5 Å². The lowest BCUT2D eigenvalue weighted by Crippen LogP contribution is -2.38. The van der Waals surface area contributed by atoms with E-state index < -0.39 is 0 Å². The molecule has 1 aliphatic heterocycles. The van der Waals surface area contributed by atoms with Crippen LogP contribution in [0.2, 0.25) is 0 Å². The van der Waals surface area contributed by atoms with Crippen molar-refractivity contribution < 1.29 is 14.3 Å². The van der Waals surface area contributed by atoms with Crippen LogP contribution < -0.4 is 5.32 Å². The third-order valence-electron chi connectivity index (χ3n) is 4.58. The van der Waals surface area contributed by atoms with E-state index in [1.807, 2.05) is 13.0 Å². The number of carbonyl (C=O) groups is 1. The number of amides is 1. The van der Waals surface area contributed by atoms with Crippen LogP contribution in [0.25, 0.3) is 0 Å². The number of aryl methyl sites for hydroxylation is 1. The average molecular weight is 307 g/mol. The fraction of sp³-hybridized carbons (Fsp3) is 0.750. The highest BCUT2D eigenvalue weighted by molar-refractivity contribution is 5.78. The summed E-state index contributed by atoms with van der Waals surface area (Å²) in [6.07, 6.45) is 4.48. The molecule has 0 aromatic carbocycles. The molecule has 2 heterocycles. The van der Waals surface area contributed by atoms with Crippen molar-refractivity contribution in [3.05, 3.63) is 17.5 Å². The van der Waals surface area contributed by atoms with E-state index in [-0.39, 0.29) is 17.8 Å². The Morgan fingerprint density at radius 1 is 1.50 bits per heavy atom. The molecule has 0 bridgehead atoms. The zero-order valence-electron chi connectivity index (χ0n) is 13.4. The molecule has 6 nitrogen and oxygen atoms in total. The molecular formula is C16H25N3O3. The summed E-state index contributed by atoms with van der Waals surface area (Å²) in [4.78, 5) is 11.9. The molecule has 1 unspecified atom stereocenters. The molecule has 1 amide bonds. The van der Waals surface area contributed by atoms with Gasteiger partial charge in [0.1, 0.15) is 6.10 Å². The summed E-state index contributed by atoms with van der Waals surface area (Å²) < 4.78 is 12.0. The fourth-order valence-electron chi connectivity index (χ4n) is 3.20. The highest BCUT2D eigenvalue weighted by Gasteiger charge is 2.43. The molecule has 6 heteroatoms. The summed E-state index contributed by atoms with van der Waals surface area (Å²) in [6, 6.07) is 1.88. The smallest absolute Gasteiger partial charge is 0.226 e. The van der Waals surface area contributed by atoms with Crippen LogP contribution in [-0.4, -0.2) is 41.1 Å².